The molecule has 1 aromatic rings. The van der Waals surface area contributed by atoms with Gasteiger partial charge in [0.25, 0.3) is 0 Å². The summed E-state index contributed by atoms with van der Waals surface area (Å²) >= 11 is 11.3. The first kappa shape index (κ1) is 30.1. The first-order valence-corrected chi connectivity index (χ1v) is 12.5. The average molecular weight is 550 g/mol. The normalized spacial score (nSPS) is 14.3. The molecule has 0 aliphatic rings. The van der Waals surface area contributed by atoms with Gasteiger partial charge in [-0.05, 0) is 24.1 Å². The molecule has 0 aliphatic carbocycles. The fourth-order valence-corrected chi connectivity index (χ4v) is 4.44. The number of halogens is 5. The smallest absolute Gasteiger partial charge is 0.370 e. The van der Waals surface area contributed by atoms with Crippen molar-refractivity contribution < 1.29 is 36.6 Å². The van der Waals surface area contributed by atoms with E-state index in [1.54, 1.807) is 0 Å². The molecule has 0 aliphatic heterocycles. The Morgan fingerprint density at radius 1 is 1.12 bits per heavy atom. The maximum Gasteiger partial charge on any atom is 0.471 e. The molecule has 0 spiro atoms. The van der Waals surface area contributed by atoms with Crippen LogP contribution in [-0.2, 0) is 30.1 Å². The van der Waals surface area contributed by atoms with Crippen LogP contribution in [0.2, 0.25) is 0 Å². The zero-order valence-corrected chi connectivity index (χ0v) is 20.2. The summed E-state index contributed by atoms with van der Waals surface area (Å²) in [5.74, 6) is -3.82. The number of carbonyl (C=O) groups is 3. The van der Waals surface area contributed by atoms with E-state index in [2.05, 4.69) is 5.32 Å². The highest BCUT2D eigenvalue weighted by atomic mass is 35.5. The summed E-state index contributed by atoms with van der Waals surface area (Å²) in [4.78, 5) is 34.5. The third-order valence-corrected chi connectivity index (χ3v) is 6.30. The van der Waals surface area contributed by atoms with Gasteiger partial charge in [-0.1, -0.05) is 12.1 Å². The molecule has 0 saturated heterocycles. The summed E-state index contributed by atoms with van der Waals surface area (Å²) in [6, 6.07) is 4.15. The number of nitrogens with two attached hydrogens (primary N) is 2. The van der Waals surface area contributed by atoms with E-state index in [0.717, 1.165) is 0 Å². The summed E-state index contributed by atoms with van der Waals surface area (Å²) in [7, 11) is -3.67. The van der Waals surface area contributed by atoms with Crippen LogP contribution in [-0.4, -0.2) is 59.5 Å². The highest BCUT2D eigenvalue weighted by Gasteiger charge is 2.40. The standard InChI is InChI=1S/C18H25Cl2F3N5O5P/c19-7-9-28(10-8-20)34(25,32)33-11-12-1-3-13(4-2-12)26-16(30)14(5-6-15(24)29)27-17(31)18(21,22)23/h1-4,14H,5-11H2,(H2,24,29)(H2,25,32)(H,26,30)(H,27,31). The van der Waals surface area contributed by atoms with E-state index in [1.165, 1.54) is 34.3 Å². The molecule has 1 aromatic carbocycles. The van der Waals surface area contributed by atoms with Crippen molar-refractivity contribution in [3.8, 4) is 0 Å². The third-order valence-electron chi connectivity index (χ3n) is 4.28. The Labute approximate surface area is 204 Å². The predicted molar refractivity (Wildman–Crippen MR) is 121 cm³/mol. The van der Waals surface area contributed by atoms with Crippen molar-refractivity contribution in [1.29, 1.82) is 0 Å². The number of nitrogens with one attached hydrogen (secondary N) is 2. The maximum atomic E-state index is 12.6. The number of hydrogen-bond donors (Lipinski definition) is 4. The minimum Gasteiger partial charge on any atom is -0.370 e. The second-order valence-corrected chi connectivity index (χ2v) is 9.59. The van der Waals surface area contributed by atoms with Crippen LogP contribution in [0, 0.1) is 0 Å². The van der Waals surface area contributed by atoms with E-state index < -0.39 is 50.5 Å². The van der Waals surface area contributed by atoms with Crippen molar-refractivity contribution >= 4 is 54.3 Å². The average Bonchev–Trinajstić information content (AvgIpc) is 2.75. The van der Waals surface area contributed by atoms with Crippen LogP contribution in [0.3, 0.4) is 0 Å². The Kier molecular flexibility index (Phi) is 12.3. The molecule has 192 valence electrons. The first-order chi connectivity index (χ1) is 15.8. The number of alkyl halides is 5. The van der Waals surface area contributed by atoms with Gasteiger partial charge in [-0.2, -0.15) is 13.2 Å². The van der Waals surface area contributed by atoms with E-state index in [-0.39, 0.29) is 37.1 Å². The van der Waals surface area contributed by atoms with Gasteiger partial charge in [0.15, 0.2) is 0 Å². The lowest BCUT2D eigenvalue weighted by atomic mass is 10.1. The Balaban J connectivity index is 2.80. The van der Waals surface area contributed by atoms with Gasteiger partial charge in [0, 0.05) is 37.0 Å². The summed E-state index contributed by atoms with van der Waals surface area (Å²) in [5, 5.41) is 3.88. The van der Waals surface area contributed by atoms with Crippen LogP contribution in [0.25, 0.3) is 0 Å². The Bertz CT molecular complexity index is 886. The molecule has 0 bridgehead atoms. The largest absolute Gasteiger partial charge is 0.471 e. The van der Waals surface area contributed by atoms with Crippen molar-refractivity contribution in [2.45, 2.75) is 31.7 Å². The van der Waals surface area contributed by atoms with Gasteiger partial charge in [-0.25, -0.2) is 10.2 Å². The fourth-order valence-electron chi connectivity index (χ4n) is 2.54. The molecule has 2 atom stereocenters. The summed E-state index contributed by atoms with van der Waals surface area (Å²) in [6.45, 7) is 0.260. The zero-order valence-electron chi connectivity index (χ0n) is 17.8. The molecule has 1 rings (SSSR count). The monoisotopic (exact) mass is 549 g/mol. The van der Waals surface area contributed by atoms with E-state index in [9.17, 15) is 32.1 Å². The molecule has 0 aromatic heterocycles. The van der Waals surface area contributed by atoms with Gasteiger partial charge in [-0.15, -0.1) is 23.2 Å². The van der Waals surface area contributed by atoms with Crippen LogP contribution >= 0.6 is 30.9 Å². The van der Waals surface area contributed by atoms with Crippen molar-refractivity contribution in [2.24, 2.45) is 11.2 Å². The van der Waals surface area contributed by atoms with Crippen LogP contribution in [0.1, 0.15) is 18.4 Å². The van der Waals surface area contributed by atoms with E-state index in [4.69, 9.17) is 39.0 Å². The second-order valence-electron chi connectivity index (χ2n) is 6.88. The van der Waals surface area contributed by atoms with E-state index in [1.807, 2.05) is 0 Å². The van der Waals surface area contributed by atoms with Crippen molar-refractivity contribution in [3.05, 3.63) is 29.8 Å². The number of anilines is 1. The Hall–Kier alpha value is -1.89. The molecule has 0 heterocycles. The predicted octanol–water partition coefficient (Wildman–Crippen LogP) is 2.30. The lowest BCUT2D eigenvalue weighted by Gasteiger charge is -2.26. The molecule has 3 amide bonds. The molecular weight excluding hydrogens is 525 g/mol. The van der Waals surface area contributed by atoms with Crippen molar-refractivity contribution in [3.63, 3.8) is 0 Å². The van der Waals surface area contributed by atoms with E-state index >= 15 is 0 Å². The fraction of sp³-hybridized carbons (Fsp3) is 0.500. The molecule has 2 unspecified atom stereocenters. The number of primary amides is 1. The minimum absolute atomic E-state index is 0.147. The van der Waals surface area contributed by atoms with Crippen LogP contribution < -0.4 is 21.9 Å². The summed E-state index contributed by atoms with van der Waals surface area (Å²) in [6.07, 6.45) is -6.06. The van der Waals surface area contributed by atoms with E-state index in [0.29, 0.717) is 5.56 Å². The maximum absolute atomic E-state index is 12.6. The SMILES string of the molecule is NC(=O)CCC(NC(=O)C(F)(F)F)C(=O)Nc1ccc(COP(N)(=O)N(CCCl)CCCl)cc1. The van der Waals surface area contributed by atoms with Gasteiger partial charge >= 0.3 is 19.8 Å². The second kappa shape index (κ2) is 13.9. The number of hydrogen-bond acceptors (Lipinski definition) is 5. The minimum atomic E-state index is -5.21. The molecule has 34 heavy (non-hydrogen) atoms. The molecule has 0 fully saturated rings. The van der Waals surface area contributed by atoms with Crippen LogP contribution in [0.15, 0.2) is 24.3 Å². The number of carbonyl (C=O) groups excluding carboxylic acids is 3. The lowest BCUT2D eigenvalue weighted by Crippen LogP contribution is -2.49. The van der Waals surface area contributed by atoms with Gasteiger partial charge in [0.2, 0.25) is 11.8 Å². The van der Waals surface area contributed by atoms with Gasteiger partial charge < -0.3 is 20.9 Å². The first-order valence-electron chi connectivity index (χ1n) is 9.76. The topological polar surface area (TPSA) is 157 Å². The Morgan fingerprint density at radius 3 is 2.15 bits per heavy atom. The van der Waals surface area contributed by atoms with Gasteiger partial charge in [0.1, 0.15) is 6.04 Å². The summed E-state index contributed by atoms with van der Waals surface area (Å²) < 4.78 is 56.9. The molecular formula is C18H25Cl2F3N5O5P. The summed E-state index contributed by atoms with van der Waals surface area (Å²) in [5.41, 5.74) is 11.4. The van der Waals surface area contributed by atoms with Gasteiger partial charge in [-0.3, -0.25) is 18.9 Å². The molecule has 0 radical (unpaired) electrons. The van der Waals surface area contributed by atoms with Crippen molar-refractivity contribution in [2.75, 3.05) is 30.2 Å². The number of amides is 3. The highest BCUT2D eigenvalue weighted by Crippen LogP contribution is 2.43. The van der Waals surface area contributed by atoms with Gasteiger partial charge in [0.05, 0.1) is 6.61 Å². The third kappa shape index (κ3) is 10.6. The number of benzene rings is 1. The highest BCUT2D eigenvalue weighted by molar-refractivity contribution is 7.53. The van der Waals surface area contributed by atoms with Crippen molar-refractivity contribution in [1.82, 2.24) is 9.99 Å². The molecule has 0 saturated carbocycles. The molecule has 10 nitrogen and oxygen atoms in total. The lowest BCUT2D eigenvalue weighted by molar-refractivity contribution is -0.174. The van der Waals surface area contributed by atoms with Crippen LogP contribution in [0.5, 0.6) is 0 Å². The number of rotatable bonds is 14. The Morgan fingerprint density at radius 2 is 1.68 bits per heavy atom. The molecule has 16 heteroatoms. The number of nitrogens with zero attached hydrogens (tertiary/aromatic N) is 1. The zero-order chi connectivity index (χ0) is 25.9. The van der Waals surface area contributed by atoms with Crippen LogP contribution in [0.4, 0.5) is 18.9 Å². The molecule has 6 N–H and O–H groups in total. The quantitative estimate of drug-likeness (QED) is 0.205.